The summed E-state index contributed by atoms with van der Waals surface area (Å²) in [7, 11) is 0. The van der Waals surface area contributed by atoms with E-state index in [1.807, 2.05) is 0 Å². The van der Waals surface area contributed by atoms with Crippen LogP contribution in [0.15, 0.2) is 6.33 Å². The van der Waals surface area contributed by atoms with Crippen molar-refractivity contribution in [2.24, 2.45) is 0 Å². The number of rotatable bonds is 5. The van der Waals surface area contributed by atoms with Gasteiger partial charge in [-0.05, 0) is 6.42 Å². The molecule has 1 heterocycles. The number of nitrogen functional groups attached to an aromatic ring is 1. The Bertz CT molecular complexity index is 250. The number of nitrogens with two attached hydrogens (primary N) is 1. The minimum absolute atomic E-state index is 0.257. The second-order valence-electron chi connectivity index (χ2n) is 2.80. The molecule has 0 aliphatic heterocycles. The average Bonchev–Trinajstić information content (AvgIpc) is 2.13. The van der Waals surface area contributed by atoms with Crippen molar-refractivity contribution in [3.8, 4) is 0 Å². The van der Waals surface area contributed by atoms with Crippen LogP contribution in [-0.2, 0) is 0 Å². The van der Waals surface area contributed by atoms with Crippen LogP contribution in [0, 0.1) is 0 Å². The Hall–Kier alpha value is -1.39. The standard InChI is InChI=1S/C8H15N5/c1-2-3-4-5-10-8-12-6-11-7(9)13-8/h6H,2-5H2,1H3,(H3,9,10,11,12,13). The number of anilines is 2. The Balaban J connectivity index is 2.28. The van der Waals surface area contributed by atoms with Gasteiger partial charge in [0.15, 0.2) is 0 Å². The quantitative estimate of drug-likeness (QED) is 0.664. The fraction of sp³-hybridized carbons (Fsp3) is 0.625. The van der Waals surface area contributed by atoms with Crippen molar-refractivity contribution in [3.05, 3.63) is 6.33 Å². The molecule has 0 atom stereocenters. The molecule has 0 aromatic carbocycles. The zero-order valence-electron chi connectivity index (χ0n) is 7.82. The Labute approximate surface area is 77.8 Å². The van der Waals surface area contributed by atoms with Crippen LogP contribution in [0.4, 0.5) is 11.9 Å². The van der Waals surface area contributed by atoms with E-state index < -0.39 is 0 Å². The average molecular weight is 181 g/mol. The van der Waals surface area contributed by atoms with Gasteiger partial charge in [0.05, 0.1) is 0 Å². The number of nitrogens with one attached hydrogen (secondary N) is 1. The lowest BCUT2D eigenvalue weighted by atomic mass is 10.2. The summed E-state index contributed by atoms with van der Waals surface area (Å²) in [4.78, 5) is 11.5. The normalized spacial score (nSPS) is 9.92. The second kappa shape index (κ2) is 5.29. The van der Waals surface area contributed by atoms with Gasteiger partial charge < -0.3 is 11.1 Å². The third kappa shape index (κ3) is 3.68. The van der Waals surface area contributed by atoms with E-state index in [0.717, 1.165) is 13.0 Å². The van der Waals surface area contributed by atoms with Crippen LogP contribution in [0.2, 0.25) is 0 Å². The third-order valence-corrected chi connectivity index (χ3v) is 1.65. The van der Waals surface area contributed by atoms with E-state index >= 15 is 0 Å². The molecule has 13 heavy (non-hydrogen) atoms. The third-order valence-electron chi connectivity index (χ3n) is 1.65. The lowest BCUT2D eigenvalue weighted by Gasteiger charge is -2.02. The molecular weight excluding hydrogens is 166 g/mol. The summed E-state index contributed by atoms with van der Waals surface area (Å²) >= 11 is 0. The SMILES string of the molecule is CCCCCNc1ncnc(N)n1. The van der Waals surface area contributed by atoms with E-state index in [2.05, 4.69) is 27.2 Å². The van der Waals surface area contributed by atoms with Gasteiger partial charge in [0.25, 0.3) is 0 Å². The van der Waals surface area contributed by atoms with Crippen LogP contribution >= 0.6 is 0 Å². The molecule has 5 nitrogen and oxygen atoms in total. The number of aromatic nitrogens is 3. The van der Waals surface area contributed by atoms with Gasteiger partial charge in [0.2, 0.25) is 11.9 Å². The van der Waals surface area contributed by atoms with E-state index in [4.69, 9.17) is 5.73 Å². The molecular formula is C8H15N5. The molecule has 0 aliphatic rings. The summed E-state index contributed by atoms with van der Waals surface area (Å²) in [5.74, 6) is 0.816. The largest absolute Gasteiger partial charge is 0.368 e. The van der Waals surface area contributed by atoms with Gasteiger partial charge in [0, 0.05) is 6.54 Å². The molecule has 1 aromatic heterocycles. The van der Waals surface area contributed by atoms with Crippen molar-refractivity contribution < 1.29 is 0 Å². The molecule has 5 heteroatoms. The molecule has 0 fully saturated rings. The maximum Gasteiger partial charge on any atom is 0.227 e. The number of hydrogen-bond acceptors (Lipinski definition) is 5. The van der Waals surface area contributed by atoms with Gasteiger partial charge in [-0.2, -0.15) is 4.98 Å². The Morgan fingerprint density at radius 2 is 2.23 bits per heavy atom. The molecule has 0 aliphatic carbocycles. The van der Waals surface area contributed by atoms with Gasteiger partial charge in [-0.15, -0.1) is 0 Å². The lowest BCUT2D eigenvalue weighted by Crippen LogP contribution is -2.07. The van der Waals surface area contributed by atoms with E-state index in [0.29, 0.717) is 5.95 Å². The van der Waals surface area contributed by atoms with E-state index in [9.17, 15) is 0 Å². The molecule has 0 saturated carbocycles. The van der Waals surface area contributed by atoms with Crippen molar-refractivity contribution in [2.45, 2.75) is 26.2 Å². The number of nitrogens with zero attached hydrogens (tertiary/aromatic N) is 3. The molecule has 3 N–H and O–H groups in total. The molecule has 0 spiro atoms. The van der Waals surface area contributed by atoms with Gasteiger partial charge in [-0.1, -0.05) is 19.8 Å². The molecule has 0 unspecified atom stereocenters. The van der Waals surface area contributed by atoms with Crippen LogP contribution in [-0.4, -0.2) is 21.5 Å². The molecule has 0 saturated heterocycles. The summed E-state index contributed by atoms with van der Waals surface area (Å²) in [6.07, 6.45) is 4.96. The molecule has 72 valence electrons. The predicted molar refractivity (Wildman–Crippen MR) is 52.3 cm³/mol. The molecule has 0 bridgehead atoms. The van der Waals surface area contributed by atoms with E-state index in [-0.39, 0.29) is 5.95 Å². The highest BCUT2D eigenvalue weighted by molar-refractivity contribution is 5.28. The van der Waals surface area contributed by atoms with Gasteiger partial charge in [-0.25, -0.2) is 9.97 Å². The number of hydrogen-bond donors (Lipinski definition) is 2. The lowest BCUT2D eigenvalue weighted by molar-refractivity contribution is 0.740. The van der Waals surface area contributed by atoms with Crippen molar-refractivity contribution in [1.82, 2.24) is 15.0 Å². The Morgan fingerprint density at radius 1 is 1.38 bits per heavy atom. The van der Waals surface area contributed by atoms with E-state index in [1.54, 1.807) is 0 Å². The summed E-state index contributed by atoms with van der Waals surface area (Å²) in [6.45, 7) is 3.05. The maximum atomic E-state index is 5.39. The first-order chi connectivity index (χ1) is 6.33. The van der Waals surface area contributed by atoms with Crippen LogP contribution in [0.5, 0.6) is 0 Å². The zero-order valence-corrected chi connectivity index (χ0v) is 7.82. The van der Waals surface area contributed by atoms with Crippen molar-refractivity contribution >= 4 is 11.9 Å². The molecule has 0 radical (unpaired) electrons. The zero-order chi connectivity index (χ0) is 9.52. The van der Waals surface area contributed by atoms with Crippen molar-refractivity contribution in [2.75, 3.05) is 17.6 Å². The first kappa shape index (κ1) is 9.70. The smallest absolute Gasteiger partial charge is 0.227 e. The van der Waals surface area contributed by atoms with Gasteiger partial charge in [-0.3, -0.25) is 0 Å². The summed E-state index contributed by atoms with van der Waals surface area (Å²) in [5, 5.41) is 3.08. The van der Waals surface area contributed by atoms with Crippen molar-refractivity contribution in [3.63, 3.8) is 0 Å². The van der Waals surface area contributed by atoms with Crippen LogP contribution in [0.1, 0.15) is 26.2 Å². The highest BCUT2D eigenvalue weighted by Crippen LogP contribution is 1.99. The topological polar surface area (TPSA) is 76.7 Å². The van der Waals surface area contributed by atoms with Crippen LogP contribution in [0.25, 0.3) is 0 Å². The second-order valence-corrected chi connectivity index (χ2v) is 2.80. The maximum absolute atomic E-state index is 5.39. The van der Waals surface area contributed by atoms with Gasteiger partial charge >= 0.3 is 0 Å². The summed E-state index contributed by atoms with van der Waals surface area (Å²) in [6, 6.07) is 0. The highest BCUT2D eigenvalue weighted by atomic mass is 15.2. The predicted octanol–water partition coefficient (Wildman–Crippen LogP) is 1.06. The monoisotopic (exact) mass is 181 g/mol. The van der Waals surface area contributed by atoms with Crippen LogP contribution < -0.4 is 11.1 Å². The highest BCUT2D eigenvalue weighted by Gasteiger charge is 1.95. The Morgan fingerprint density at radius 3 is 2.92 bits per heavy atom. The summed E-state index contributed by atoms with van der Waals surface area (Å²) in [5.41, 5.74) is 5.39. The Kier molecular flexibility index (Phi) is 3.95. The molecule has 0 amide bonds. The minimum Gasteiger partial charge on any atom is -0.368 e. The van der Waals surface area contributed by atoms with Crippen molar-refractivity contribution in [1.29, 1.82) is 0 Å². The fourth-order valence-corrected chi connectivity index (χ4v) is 0.969. The first-order valence-electron chi connectivity index (χ1n) is 4.51. The molecule has 1 aromatic rings. The molecule has 1 rings (SSSR count). The fourth-order valence-electron chi connectivity index (χ4n) is 0.969. The van der Waals surface area contributed by atoms with Crippen LogP contribution in [0.3, 0.4) is 0 Å². The first-order valence-corrected chi connectivity index (χ1v) is 4.51. The summed E-state index contributed by atoms with van der Waals surface area (Å²) < 4.78 is 0. The minimum atomic E-state index is 0.257. The van der Waals surface area contributed by atoms with Gasteiger partial charge in [0.1, 0.15) is 6.33 Å². The number of unbranched alkanes of at least 4 members (excludes halogenated alkanes) is 2. The van der Waals surface area contributed by atoms with E-state index in [1.165, 1.54) is 19.2 Å².